The fourth-order valence-corrected chi connectivity index (χ4v) is 1.60. The number of aromatic hydroxyl groups is 1. The number of nitrogens with zero attached hydrogens (tertiary/aromatic N) is 2. The van der Waals surface area contributed by atoms with Gasteiger partial charge in [-0.25, -0.2) is 0 Å². The number of phenolic OH excluding ortho intramolecular Hbond substituents is 1. The lowest BCUT2D eigenvalue weighted by Gasteiger charge is -2.07. The summed E-state index contributed by atoms with van der Waals surface area (Å²) in [6.45, 7) is 3.58. The highest BCUT2D eigenvalue weighted by Gasteiger charge is 2.29. The fraction of sp³-hybridized carbons (Fsp3) is 0.400. The van der Waals surface area contributed by atoms with Crippen molar-refractivity contribution in [2.45, 2.75) is 20.3 Å². The van der Waals surface area contributed by atoms with Crippen LogP contribution >= 0.6 is 0 Å². The van der Waals surface area contributed by atoms with Crippen LogP contribution in [0.3, 0.4) is 0 Å². The van der Waals surface area contributed by atoms with Crippen LogP contribution in [-0.2, 0) is 6.42 Å². The van der Waals surface area contributed by atoms with Crippen LogP contribution in [0.15, 0.2) is 12.1 Å². The highest BCUT2D eigenvalue weighted by atomic mass is 16.6. The van der Waals surface area contributed by atoms with Gasteiger partial charge in [0.1, 0.15) is 5.56 Å². The molecule has 92 valence electrons. The summed E-state index contributed by atoms with van der Waals surface area (Å²) < 4.78 is 0. The molecule has 0 aliphatic heterocycles. The molecule has 0 radical (unpaired) electrons. The molecule has 1 N–H and O–H groups in total. The summed E-state index contributed by atoms with van der Waals surface area (Å²) in [4.78, 5) is 20.1. The quantitative estimate of drug-likeness (QED) is 0.642. The van der Waals surface area contributed by atoms with E-state index in [0.717, 1.165) is 12.1 Å². The molecule has 0 atom stereocenters. The lowest BCUT2D eigenvalue weighted by Crippen LogP contribution is -2.04. The van der Waals surface area contributed by atoms with Crippen molar-refractivity contribution in [3.63, 3.8) is 0 Å². The molecule has 17 heavy (non-hydrogen) atoms. The van der Waals surface area contributed by atoms with E-state index in [2.05, 4.69) is 0 Å². The second kappa shape index (κ2) is 4.77. The standard InChI is InChI=1S/C10H12N2O5/c1-6(2)5-7-8(11(14)15)3-4-9(13)10(7)12(16)17/h3-4,6,13H,5H2,1-2H3. The van der Waals surface area contributed by atoms with E-state index in [1.165, 1.54) is 0 Å². The zero-order valence-corrected chi connectivity index (χ0v) is 9.41. The van der Waals surface area contributed by atoms with E-state index in [0.29, 0.717) is 0 Å². The molecule has 7 heteroatoms. The second-order valence-electron chi connectivity index (χ2n) is 4.04. The number of phenols is 1. The van der Waals surface area contributed by atoms with Gasteiger partial charge in [-0.1, -0.05) is 13.8 Å². The van der Waals surface area contributed by atoms with Gasteiger partial charge in [-0.05, 0) is 18.4 Å². The van der Waals surface area contributed by atoms with Crippen LogP contribution in [0.1, 0.15) is 19.4 Å². The lowest BCUT2D eigenvalue weighted by atomic mass is 9.99. The zero-order valence-electron chi connectivity index (χ0n) is 9.41. The third-order valence-electron chi connectivity index (χ3n) is 2.23. The molecule has 1 aromatic carbocycles. The first-order chi connectivity index (χ1) is 7.84. The summed E-state index contributed by atoms with van der Waals surface area (Å²) >= 11 is 0. The van der Waals surface area contributed by atoms with Crippen molar-refractivity contribution in [1.29, 1.82) is 0 Å². The maximum Gasteiger partial charge on any atom is 0.320 e. The molecule has 0 aliphatic carbocycles. The van der Waals surface area contributed by atoms with Crippen molar-refractivity contribution in [1.82, 2.24) is 0 Å². The highest BCUT2D eigenvalue weighted by molar-refractivity contribution is 5.61. The smallest absolute Gasteiger partial charge is 0.320 e. The molecule has 1 aromatic rings. The van der Waals surface area contributed by atoms with Crippen LogP contribution in [0.4, 0.5) is 11.4 Å². The number of benzene rings is 1. The third kappa shape index (κ3) is 2.68. The predicted molar refractivity (Wildman–Crippen MR) is 60.0 cm³/mol. The number of nitro groups is 2. The Morgan fingerprint density at radius 3 is 2.24 bits per heavy atom. The van der Waals surface area contributed by atoms with Gasteiger partial charge >= 0.3 is 5.69 Å². The second-order valence-corrected chi connectivity index (χ2v) is 4.04. The normalized spacial score (nSPS) is 10.5. The predicted octanol–water partition coefficient (Wildman–Crippen LogP) is 2.41. The Morgan fingerprint density at radius 1 is 1.24 bits per heavy atom. The maximum atomic E-state index is 10.8. The van der Waals surface area contributed by atoms with Crippen molar-refractivity contribution >= 4 is 11.4 Å². The van der Waals surface area contributed by atoms with Gasteiger partial charge in [0, 0.05) is 6.07 Å². The van der Waals surface area contributed by atoms with Crippen LogP contribution < -0.4 is 0 Å². The third-order valence-corrected chi connectivity index (χ3v) is 2.23. The molecule has 0 amide bonds. The van der Waals surface area contributed by atoms with Crippen LogP contribution in [0.2, 0.25) is 0 Å². The van der Waals surface area contributed by atoms with Crippen molar-refractivity contribution in [3.05, 3.63) is 37.9 Å². The van der Waals surface area contributed by atoms with E-state index in [4.69, 9.17) is 0 Å². The van der Waals surface area contributed by atoms with Crippen LogP contribution in [0.5, 0.6) is 5.75 Å². The minimum Gasteiger partial charge on any atom is -0.502 e. The Balaban J connectivity index is 3.49. The summed E-state index contributed by atoms with van der Waals surface area (Å²) in [5.41, 5.74) is -0.939. The Bertz CT molecular complexity index is 470. The molecule has 7 nitrogen and oxygen atoms in total. The molecule has 0 unspecified atom stereocenters. The summed E-state index contributed by atoms with van der Waals surface area (Å²) in [6, 6.07) is 2.06. The number of hydrogen-bond donors (Lipinski definition) is 1. The van der Waals surface area contributed by atoms with E-state index in [-0.39, 0.29) is 23.6 Å². The van der Waals surface area contributed by atoms with Crippen LogP contribution in [0.25, 0.3) is 0 Å². The van der Waals surface area contributed by atoms with Crippen molar-refractivity contribution in [2.24, 2.45) is 5.92 Å². The Labute approximate surface area is 97.0 Å². The molecule has 0 saturated carbocycles. The average molecular weight is 240 g/mol. The van der Waals surface area contributed by atoms with Crippen LogP contribution in [-0.4, -0.2) is 15.0 Å². The van der Waals surface area contributed by atoms with Crippen molar-refractivity contribution in [2.75, 3.05) is 0 Å². The number of rotatable bonds is 4. The molecule has 0 aromatic heterocycles. The molecule has 0 bridgehead atoms. The molecule has 0 fully saturated rings. The van der Waals surface area contributed by atoms with E-state index in [1.807, 2.05) is 0 Å². The van der Waals surface area contributed by atoms with Gasteiger partial charge in [-0.3, -0.25) is 20.2 Å². The van der Waals surface area contributed by atoms with E-state index in [9.17, 15) is 25.3 Å². The highest BCUT2D eigenvalue weighted by Crippen LogP contribution is 2.37. The Morgan fingerprint density at radius 2 is 1.82 bits per heavy atom. The van der Waals surface area contributed by atoms with E-state index < -0.39 is 21.3 Å². The molecular weight excluding hydrogens is 228 g/mol. The summed E-state index contributed by atoms with van der Waals surface area (Å²) in [7, 11) is 0. The van der Waals surface area contributed by atoms with Crippen LogP contribution in [0, 0.1) is 26.1 Å². The van der Waals surface area contributed by atoms with Gasteiger partial charge < -0.3 is 5.11 Å². The number of nitro benzene ring substituents is 2. The molecular formula is C10H12N2O5. The topological polar surface area (TPSA) is 107 Å². The van der Waals surface area contributed by atoms with Gasteiger partial charge in [0.05, 0.1) is 9.85 Å². The number of hydrogen-bond acceptors (Lipinski definition) is 5. The SMILES string of the molecule is CC(C)Cc1c([N+](=O)[O-])ccc(O)c1[N+](=O)[O-]. The van der Waals surface area contributed by atoms with Gasteiger partial charge in [0.25, 0.3) is 5.69 Å². The van der Waals surface area contributed by atoms with Gasteiger partial charge in [0.2, 0.25) is 0 Å². The molecule has 1 rings (SSSR count). The average Bonchev–Trinajstić information content (AvgIpc) is 2.15. The van der Waals surface area contributed by atoms with E-state index >= 15 is 0 Å². The largest absolute Gasteiger partial charge is 0.502 e. The molecule has 0 heterocycles. The Kier molecular flexibility index (Phi) is 3.62. The first-order valence-electron chi connectivity index (χ1n) is 4.98. The summed E-state index contributed by atoms with van der Waals surface area (Å²) in [5, 5.41) is 31.0. The van der Waals surface area contributed by atoms with Gasteiger partial charge in [-0.15, -0.1) is 0 Å². The summed E-state index contributed by atoms with van der Waals surface area (Å²) in [6.07, 6.45) is 0.168. The molecule has 0 spiro atoms. The van der Waals surface area contributed by atoms with Crippen molar-refractivity contribution in [3.8, 4) is 5.75 Å². The van der Waals surface area contributed by atoms with Gasteiger partial charge in [-0.2, -0.15) is 0 Å². The van der Waals surface area contributed by atoms with Gasteiger partial charge in [0.15, 0.2) is 5.75 Å². The molecule has 0 saturated heterocycles. The first-order valence-corrected chi connectivity index (χ1v) is 4.98. The lowest BCUT2D eigenvalue weighted by molar-refractivity contribution is -0.396. The first kappa shape index (κ1) is 12.9. The zero-order chi connectivity index (χ0) is 13.2. The molecule has 0 aliphatic rings. The monoisotopic (exact) mass is 240 g/mol. The van der Waals surface area contributed by atoms with E-state index in [1.54, 1.807) is 13.8 Å². The van der Waals surface area contributed by atoms with Crippen molar-refractivity contribution < 1.29 is 15.0 Å². The summed E-state index contributed by atoms with van der Waals surface area (Å²) in [5.74, 6) is -0.537. The fourth-order valence-electron chi connectivity index (χ4n) is 1.60. The minimum absolute atomic E-state index is 0.00852. The Hall–Kier alpha value is -2.18. The minimum atomic E-state index is -0.792. The maximum absolute atomic E-state index is 10.8.